The smallest absolute Gasteiger partial charge is 0.332 e. The second-order valence-corrected chi connectivity index (χ2v) is 8.50. The zero-order valence-electron chi connectivity index (χ0n) is 17.6. The van der Waals surface area contributed by atoms with E-state index in [4.69, 9.17) is 16.3 Å². The Labute approximate surface area is 180 Å². The van der Waals surface area contributed by atoms with Gasteiger partial charge in [-0.2, -0.15) is 5.26 Å². The fourth-order valence-corrected chi connectivity index (χ4v) is 3.93. The van der Waals surface area contributed by atoms with Gasteiger partial charge in [0.05, 0.1) is 18.2 Å². The molecule has 160 valence electrons. The number of aromatic nitrogens is 2. The largest absolute Gasteiger partial charge is 0.373 e. The molecule has 1 saturated heterocycles. The van der Waals surface area contributed by atoms with Crippen LogP contribution in [0.3, 0.4) is 0 Å². The molecular formula is C21H26ClN5O3. The molecule has 2 aromatic rings. The highest BCUT2D eigenvalue weighted by molar-refractivity contribution is 6.30. The van der Waals surface area contributed by atoms with E-state index in [2.05, 4.69) is 10.2 Å². The molecule has 1 atom stereocenters. The number of rotatable bonds is 5. The molecule has 0 bridgehead atoms. The van der Waals surface area contributed by atoms with E-state index in [9.17, 15) is 14.9 Å². The Kier molecular flexibility index (Phi) is 6.36. The van der Waals surface area contributed by atoms with Crippen LogP contribution in [0.5, 0.6) is 0 Å². The van der Waals surface area contributed by atoms with Crippen LogP contribution in [-0.4, -0.2) is 45.9 Å². The molecule has 1 aromatic heterocycles. The van der Waals surface area contributed by atoms with Crippen molar-refractivity contribution in [2.75, 3.05) is 31.6 Å². The van der Waals surface area contributed by atoms with Gasteiger partial charge in [0.25, 0.3) is 5.56 Å². The number of halogens is 1. The summed E-state index contributed by atoms with van der Waals surface area (Å²) >= 11 is 6.07. The highest BCUT2D eigenvalue weighted by Crippen LogP contribution is 2.28. The van der Waals surface area contributed by atoms with Gasteiger partial charge in [0.2, 0.25) is 0 Å². The lowest BCUT2D eigenvalue weighted by Gasteiger charge is -2.42. The molecule has 1 N–H and O–H groups in total. The topological polar surface area (TPSA) is 92.3 Å². The lowest BCUT2D eigenvalue weighted by molar-refractivity contribution is -0.0963. The molecule has 0 spiro atoms. The van der Waals surface area contributed by atoms with E-state index >= 15 is 0 Å². The van der Waals surface area contributed by atoms with E-state index in [0.717, 1.165) is 16.7 Å². The summed E-state index contributed by atoms with van der Waals surface area (Å²) < 4.78 is 8.08. The quantitative estimate of drug-likeness (QED) is 0.777. The number of morpholine rings is 1. The molecule has 2 heterocycles. The Balaban J connectivity index is 1.97. The van der Waals surface area contributed by atoms with Crippen molar-refractivity contribution in [2.45, 2.75) is 25.5 Å². The summed E-state index contributed by atoms with van der Waals surface area (Å²) in [4.78, 5) is 27.0. The van der Waals surface area contributed by atoms with Gasteiger partial charge in [0, 0.05) is 38.8 Å². The number of benzene rings is 1. The van der Waals surface area contributed by atoms with Crippen LogP contribution in [0.15, 0.2) is 33.9 Å². The first-order valence-electron chi connectivity index (χ1n) is 9.72. The summed E-state index contributed by atoms with van der Waals surface area (Å²) in [5.41, 5.74) is -0.444. The van der Waals surface area contributed by atoms with E-state index in [-0.39, 0.29) is 23.0 Å². The van der Waals surface area contributed by atoms with Gasteiger partial charge in [-0.1, -0.05) is 23.7 Å². The van der Waals surface area contributed by atoms with E-state index in [0.29, 0.717) is 24.7 Å². The van der Waals surface area contributed by atoms with Gasteiger partial charge in [-0.25, -0.2) is 4.79 Å². The summed E-state index contributed by atoms with van der Waals surface area (Å²) in [5.74, 6) is 0.220. The van der Waals surface area contributed by atoms with Crippen LogP contribution in [0.2, 0.25) is 5.02 Å². The Bertz CT molecular complexity index is 1080. The molecule has 1 aromatic carbocycles. The average Bonchev–Trinajstić information content (AvgIpc) is 2.71. The van der Waals surface area contributed by atoms with Gasteiger partial charge in [-0.15, -0.1) is 0 Å². The molecule has 1 unspecified atom stereocenters. The zero-order valence-corrected chi connectivity index (χ0v) is 18.4. The predicted molar refractivity (Wildman–Crippen MR) is 116 cm³/mol. The fourth-order valence-electron chi connectivity index (χ4n) is 3.81. The maximum absolute atomic E-state index is 12.4. The molecule has 9 heteroatoms. The molecule has 1 fully saturated rings. The maximum atomic E-state index is 12.4. The van der Waals surface area contributed by atoms with Crippen molar-refractivity contribution < 1.29 is 4.74 Å². The number of nitrogens with zero attached hydrogens (tertiary/aromatic N) is 4. The molecule has 30 heavy (non-hydrogen) atoms. The molecule has 3 rings (SSSR count). The molecule has 1 aliphatic heterocycles. The predicted octanol–water partition coefficient (Wildman–Crippen LogP) is 1.87. The average molecular weight is 432 g/mol. The normalized spacial score (nSPS) is 17.3. The molecule has 0 saturated carbocycles. The van der Waals surface area contributed by atoms with Gasteiger partial charge in [-0.3, -0.25) is 18.8 Å². The first-order chi connectivity index (χ1) is 14.1. The number of nitriles is 1. The van der Waals surface area contributed by atoms with Gasteiger partial charge < -0.3 is 10.1 Å². The minimum absolute atomic E-state index is 0.0730. The van der Waals surface area contributed by atoms with Crippen molar-refractivity contribution in [1.29, 1.82) is 5.26 Å². The summed E-state index contributed by atoms with van der Waals surface area (Å²) in [6.07, 6.45) is 0. The maximum Gasteiger partial charge on any atom is 0.332 e. The third kappa shape index (κ3) is 4.43. The number of ether oxygens (including phenoxy) is 1. The van der Waals surface area contributed by atoms with E-state index in [1.807, 2.05) is 44.2 Å². The second kappa shape index (κ2) is 8.64. The van der Waals surface area contributed by atoms with Gasteiger partial charge in [-0.05, 0) is 31.5 Å². The minimum Gasteiger partial charge on any atom is -0.373 e. The Hall–Kier alpha value is -2.60. The van der Waals surface area contributed by atoms with E-state index < -0.39 is 11.2 Å². The van der Waals surface area contributed by atoms with Crippen molar-refractivity contribution in [3.8, 4) is 6.07 Å². The van der Waals surface area contributed by atoms with Crippen LogP contribution in [0.25, 0.3) is 0 Å². The summed E-state index contributed by atoms with van der Waals surface area (Å²) in [6.45, 7) is 6.53. The van der Waals surface area contributed by atoms with Crippen LogP contribution in [-0.2, 0) is 18.8 Å². The number of hydrogen-bond acceptors (Lipinski definition) is 6. The van der Waals surface area contributed by atoms with E-state index in [1.54, 1.807) is 7.05 Å². The SMILES string of the molecule is Cn1c(NCC(c2ccc(Cl)cc2)N2CCOC(C)(C)C2)c(C#N)c(=O)n(C)c1=O. The minimum atomic E-state index is -0.612. The lowest BCUT2D eigenvalue weighted by atomic mass is 10.0. The molecule has 1 aliphatic rings. The highest BCUT2D eigenvalue weighted by Gasteiger charge is 2.32. The first-order valence-corrected chi connectivity index (χ1v) is 10.1. The standard InChI is InChI=1S/C21H26ClN5O3/c1-21(2)13-27(9-10-30-21)17(14-5-7-15(22)8-6-14)12-24-18-16(11-23)19(28)26(4)20(29)25(18)3/h5-8,17,24H,9-10,12-13H2,1-4H3. The summed E-state index contributed by atoms with van der Waals surface area (Å²) in [7, 11) is 2.90. The highest BCUT2D eigenvalue weighted by atomic mass is 35.5. The molecule has 0 amide bonds. The number of hydrogen-bond donors (Lipinski definition) is 1. The van der Waals surface area contributed by atoms with Crippen molar-refractivity contribution in [1.82, 2.24) is 14.0 Å². The third-order valence-corrected chi connectivity index (χ3v) is 5.64. The summed E-state index contributed by atoms with van der Waals surface area (Å²) in [5, 5.41) is 13.3. The Morgan fingerprint density at radius 3 is 2.50 bits per heavy atom. The van der Waals surface area contributed by atoms with Gasteiger partial charge in [0.15, 0.2) is 5.56 Å². The van der Waals surface area contributed by atoms with Crippen LogP contribution < -0.4 is 16.6 Å². The number of anilines is 1. The zero-order chi connectivity index (χ0) is 22.1. The molecule has 8 nitrogen and oxygen atoms in total. The van der Waals surface area contributed by atoms with Crippen LogP contribution in [0.4, 0.5) is 5.82 Å². The third-order valence-electron chi connectivity index (χ3n) is 5.39. The molecule has 0 aliphatic carbocycles. The first kappa shape index (κ1) is 22.1. The monoisotopic (exact) mass is 431 g/mol. The van der Waals surface area contributed by atoms with Gasteiger partial charge in [0.1, 0.15) is 11.9 Å². The van der Waals surface area contributed by atoms with E-state index in [1.165, 1.54) is 11.6 Å². The van der Waals surface area contributed by atoms with Gasteiger partial charge >= 0.3 is 5.69 Å². The van der Waals surface area contributed by atoms with Crippen molar-refractivity contribution in [2.24, 2.45) is 14.1 Å². The van der Waals surface area contributed by atoms with Crippen LogP contribution in [0.1, 0.15) is 31.0 Å². The summed E-state index contributed by atoms with van der Waals surface area (Å²) in [6, 6.07) is 9.46. The molecular weight excluding hydrogens is 406 g/mol. The fraction of sp³-hybridized carbons (Fsp3) is 0.476. The molecule has 0 radical (unpaired) electrons. The van der Waals surface area contributed by atoms with Crippen molar-refractivity contribution >= 4 is 17.4 Å². The van der Waals surface area contributed by atoms with Crippen LogP contribution >= 0.6 is 11.6 Å². The van der Waals surface area contributed by atoms with Crippen molar-refractivity contribution in [3.05, 3.63) is 61.3 Å². The van der Waals surface area contributed by atoms with Crippen molar-refractivity contribution in [3.63, 3.8) is 0 Å². The Morgan fingerprint density at radius 2 is 1.90 bits per heavy atom. The number of nitrogens with one attached hydrogen (secondary N) is 1. The second-order valence-electron chi connectivity index (χ2n) is 8.07. The lowest BCUT2D eigenvalue weighted by Crippen LogP contribution is -2.50. The van der Waals surface area contributed by atoms with Crippen LogP contribution in [0, 0.1) is 11.3 Å². The Morgan fingerprint density at radius 1 is 1.23 bits per heavy atom.